The number of pyridine rings is 2. The maximum absolute atomic E-state index is 12.7. The summed E-state index contributed by atoms with van der Waals surface area (Å²) in [5.74, 6) is 0.825. The minimum Gasteiger partial charge on any atom is -0.495 e. The molecule has 0 aliphatic carbocycles. The highest BCUT2D eigenvalue weighted by molar-refractivity contribution is 5.99. The number of carbonyl (C=O) groups excluding carboxylic acids is 1. The average Bonchev–Trinajstić information content (AvgIpc) is 3.13. The molecule has 0 aliphatic heterocycles. The van der Waals surface area contributed by atoms with Crippen LogP contribution in [-0.4, -0.2) is 38.7 Å². The van der Waals surface area contributed by atoms with Crippen LogP contribution in [0.4, 0.5) is 11.5 Å². The highest BCUT2D eigenvalue weighted by Gasteiger charge is 2.14. The van der Waals surface area contributed by atoms with Crippen molar-refractivity contribution in [1.82, 2.24) is 24.5 Å². The fourth-order valence-electron chi connectivity index (χ4n) is 3.20. The molecule has 0 aliphatic rings. The molecule has 0 saturated heterocycles. The summed E-state index contributed by atoms with van der Waals surface area (Å²) < 4.78 is 8.24. The molecule has 1 amide bonds. The first-order valence-electron chi connectivity index (χ1n) is 9.85. The van der Waals surface area contributed by atoms with Crippen LogP contribution in [0.25, 0.3) is 5.65 Å². The minimum absolute atomic E-state index is 0.197. The first-order valence-corrected chi connectivity index (χ1v) is 9.85. The van der Waals surface area contributed by atoms with E-state index in [1.807, 2.05) is 30.3 Å². The lowest BCUT2D eigenvalue weighted by Crippen LogP contribution is -2.28. The molecule has 9 heteroatoms. The molecule has 0 fully saturated rings. The van der Waals surface area contributed by atoms with E-state index in [0.29, 0.717) is 48.0 Å². The number of aromatic nitrogens is 4. The van der Waals surface area contributed by atoms with Crippen molar-refractivity contribution in [3.8, 4) is 5.75 Å². The number of ether oxygens (including phenoxy) is 1. The summed E-state index contributed by atoms with van der Waals surface area (Å²) in [5.41, 5.74) is 1.53. The molecule has 0 spiro atoms. The molecule has 2 N–H and O–H groups in total. The van der Waals surface area contributed by atoms with Crippen LogP contribution in [0.5, 0.6) is 5.75 Å². The molecule has 9 nitrogen and oxygen atoms in total. The van der Waals surface area contributed by atoms with Gasteiger partial charge in [0, 0.05) is 25.5 Å². The third-order valence-corrected chi connectivity index (χ3v) is 4.73. The summed E-state index contributed by atoms with van der Waals surface area (Å²) in [6.07, 6.45) is 3.86. The first-order chi connectivity index (χ1) is 15.2. The lowest BCUT2D eigenvalue weighted by Gasteiger charge is -2.13. The Kier molecular flexibility index (Phi) is 5.93. The molecule has 3 aromatic heterocycles. The van der Waals surface area contributed by atoms with E-state index < -0.39 is 0 Å². The van der Waals surface area contributed by atoms with E-state index in [1.54, 1.807) is 43.8 Å². The van der Waals surface area contributed by atoms with Crippen LogP contribution >= 0.6 is 0 Å². The number of hydrogen-bond donors (Lipinski definition) is 2. The zero-order valence-corrected chi connectivity index (χ0v) is 17.0. The van der Waals surface area contributed by atoms with Crippen molar-refractivity contribution in [2.45, 2.75) is 13.0 Å². The highest BCUT2D eigenvalue weighted by atomic mass is 16.5. The number of rotatable bonds is 8. The predicted molar refractivity (Wildman–Crippen MR) is 117 cm³/mol. The molecule has 0 saturated carbocycles. The number of carbonyl (C=O) groups is 1. The SMILES string of the molecule is COc1ccccc1Nc1ncccc1C(=O)NCCCn1nc2ccccn2c1=O. The van der Waals surface area contributed by atoms with Crippen molar-refractivity contribution in [3.63, 3.8) is 0 Å². The second-order valence-corrected chi connectivity index (χ2v) is 6.77. The van der Waals surface area contributed by atoms with Crippen LogP contribution in [0.15, 0.2) is 71.8 Å². The summed E-state index contributed by atoms with van der Waals surface area (Å²) in [6, 6.07) is 16.2. The molecule has 31 heavy (non-hydrogen) atoms. The number of anilines is 2. The standard InChI is InChI=1S/C22H22N6O3/c1-31-18-10-3-2-9-17(18)25-20-16(8-6-12-23-20)21(29)24-13-7-15-28-22(30)27-14-5-4-11-19(27)26-28/h2-6,8-12,14H,7,13,15H2,1H3,(H,23,25)(H,24,29). The summed E-state index contributed by atoms with van der Waals surface area (Å²) in [5, 5.41) is 10.3. The van der Waals surface area contributed by atoms with Crippen LogP contribution in [-0.2, 0) is 6.54 Å². The van der Waals surface area contributed by atoms with Gasteiger partial charge in [0.05, 0.1) is 18.4 Å². The van der Waals surface area contributed by atoms with Gasteiger partial charge in [-0.05, 0) is 42.8 Å². The smallest absolute Gasteiger partial charge is 0.350 e. The maximum Gasteiger partial charge on any atom is 0.350 e. The molecular formula is C22H22N6O3. The van der Waals surface area contributed by atoms with Crippen LogP contribution < -0.4 is 21.1 Å². The third kappa shape index (κ3) is 4.40. The molecule has 3 heterocycles. The molecule has 0 unspecified atom stereocenters. The van der Waals surface area contributed by atoms with Crippen LogP contribution in [0, 0.1) is 0 Å². The third-order valence-electron chi connectivity index (χ3n) is 4.73. The molecule has 0 atom stereocenters. The number of amides is 1. The van der Waals surface area contributed by atoms with Gasteiger partial charge in [0.15, 0.2) is 5.65 Å². The zero-order chi connectivity index (χ0) is 21.6. The molecule has 4 aromatic rings. The van der Waals surface area contributed by atoms with Crippen molar-refractivity contribution in [1.29, 1.82) is 0 Å². The van der Waals surface area contributed by atoms with Crippen molar-refractivity contribution in [2.75, 3.05) is 19.0 Å². The summed E-state index contributed by atoms with van der Waals surface area (Å²) >= 11 is 0. The second kappa shape index (κ2) is 9.12. The maximum atomic E-state index is 12.7. The second-order valence-electron chi connectivity index (χ2n) is 6.77. The van der Waals surface area contributed by atoms with Crippen molar-refractivity contribution < 1.29 is 9.53 Å². The van der Waals surface area contributed by atoms with Gasteiger partial charge >= 0.3 is 5.69 Å². The average molecular weight is 418 g/mol. The Balaban J connectivity index is 1.39. The van der Waals surface area contributed by atoms with E-state index in [0.717, 1.165) is 0 Å². The van der Waals surface area contributed by atoms with Gasteiger partial charge in [0.1, 0.15) is 11.6 Å². The Morgan fingerprint density at radius 2 is 1.94 bits per heavy atom. The Morgan fingerprint density at radius 1 is 1.10 bits per heavy atom. The van der Waals surface area contributed by atoms with Gasteiger partial charge in [0.2, 0.25) is 0 Å². The summed E-state index contributed by atoms with van der Waals surface area (Å²) in [4.78, 5) is 29.3. The lowest BCUT2D eigenvalue weighted by atomic mass is 10.2. The van der Waals surface area contributed by atoms with Crippen molar-refractivity contribution >= 4 is 23.1 Å². The van der Waals surface area contributed by atoms with Gasteiger partial charge in [-0.1, -0.05) is 18.2 Å². The normalized spacial score (nSPS) is 10.7. The van der Waals surface area contributed by atoms with Gasteiger partial charge in [0.25, 0.3) is 5.91 Å². The lowest BCUT2D eigenvalue weighted by molar-refractivity contribution is 0.0953. The number of benzene rings is 1. The van der Waals surface area contributed by atoms with Crippen molar-refractivity contribution in [2.24, 2.45) is 0 Å². The number of methoxy groups -OCH3 is 1. The summed E-state index contributed by atoms with van der Waals surface area (Å²) in [6.45, 7) is 0.794. The van der Waals surface area contributed by atoms with Crippen LogP contribution in [0.3, 0.4) is 0 Å². The molecular weight excluding hydrogens is 396 g/mol. The van der Waals surface area contributed by atoms with E-state index in [9.17, 15) is 9.59 Å². The number of nitrogens with zero attached hydrogens (tertiary/aromatic N) is 4. The number of fused-ring (bicyclic) bond motifs is 1. The fraction of sp³-hybridized carbons (Fsp3) is 0.182. The Labute approximate surface area is 178 Å². The van der Waals surface area contributed by atoms with E-state index in [-0.39, 0.29) is 11.6 Å². The monoisotopic (exact) mass is 418 g/mol. The van der Waals surface area contributed by atoms with Crippen LogP contribution in [0.2, 0.25) is 0 Å². The molecule has 1 aromatic carbocycles. The Hall–Kier alpha value is -4.14. The van der Waals surface area contributed by atoms with E-state index >= 15 is 0 Å². The van der Waals surface area contributed by atoms with E-state index in [1.165, 1.54) is 9.08 Å². The van der Waals surface area contributed by atoms with Gasteiger partial charge in [-0.15, -0.1) is 5.10 Å². The van der Waals surface area contributed by atoms with Crippen molar-refractivity contribution in [3.05, 3.63) is 83.0 Å². The molecule has 0 radical (unpaired) electrons. The number of hydrogen-bond acceptors (Lipinski definition) is 6. The Morgan fingerprint density at radius 3 is 2.77 bits per heavy atom. The molecule has 4 rings (SSSR count). The topological polar surface area (TPSA) is 103 Å². The summed E-state index contributed by atoms with van der Waals surface area (Å²) in [7, 11) is 1.58. The molecule has 158 valence electrons. The predicted octanol–water partition coefficient (Wildman–Crippen LogP) is 2.46. The van der Waals surface area contributed by atoms with Crippen LogP contribution in [0.1, 0.15) is 16.8 Å². The molecule has 0 bridgehead atoms. The zero-order valence-electron chi connectivity index (χ0n) is 17.0. The van der Waals surface area contributed by atoms with Gasteiger partial charge in [-0.25, -0.2) is 14.5 Å². The first kappa shape index (κ1) is 20.1. The highest BCUT2D eigenvalue weighted by Crippen LogP contribution is 2.27. The van der Waals surface area contributed by atoms with E-state index in [2.05, 4.69) is 20.7 Å². The number of para-hydroxylation sites is 2. The quantitative estimate of drug-likeness (QED) is 0.426. The Bertz CT molecular complexity index is 1260. The van der Waals surface area contributed by atoms with Gasteiger partial charge in [-0.3, -0.25) is 9.20 Å². The minimum atomic E-state index is -0.257. The fourth-order valence-corrected chi connectivity index (χ4v) is 3.20. The van der Waals surface area contributed by atoms with Gasteiger partial charge < -0.3 is 15.4 Å². The largest absolute Gasteiger partial charge is 0.495 e. The number of aryl methyl sites for hydroxylation is 1. The van der Waals surface area contributed by atoms with E-state index in [4.69, 9.17) is 4.74 Å². The number of nitrogens with one attached hydrogen (secondary N) is 2. The van der Waals surface area contributed by atoms with Gasteiger partial charge in [-0.2, -0.15) is 0 Å².